The number of ether oxygens (including phenoxy) is 3. The van der Waals surface area contributed by atoms with Crippen LogP contribution >= 0.6 is 23.2 Å². The number of benzene rings is 2. The maximum atomic E-state index is 6.52. The van der Waals surface area contributed by atoms with Crippen molar-refractivity contribution in [2.24, 2.45) is 0 Å². The molecule has 3 heterocycles. The normalized spacial score (nSPS) is 20.4. The van der Waals surface area contributed by atoms with Gasteiger partial charge in [-0.3, -0.25) is 4.98 Å². The van der Waals surface area contributed by atoms with Crippen molar-refractivity contribution in [1.29, 1.82) is 0 Å². The highest BCUT2D eigenvalue weighted by Crippen LogP contribution is 2.38. The van der Waals surface area contributed by atoms with Crippen molar-refractivity contribution >= 4 is 23.2 Å². The zero-order valence-corrected chi connectivity index (χ0v) is 19.8. The van der Waals surface area contributed by atoms with Gasteiger partial charge in [0.05, 0.1) is 37.7 Å². The van der Waals surface area contributed by atoms with Gasteiger partial charge in [0, 0.05) is 35.4 Å². The molecule has 0 unspecified atom stereocenters. The van der Waals surface area contributed by atoms with E-state index < -0.39 is 5.79 Å². The summed E-state index contributed by atoms with van der Waals surface area (Å²) in [6, 6.07) is 17.6. The minimum Gasteiger partial charge on any atom is -0.369 e. The van der Waals surface area contributed by atoms with Crippen LogP contribution in [0.1, 0.15) is 11.1 Å². The first kappa shape index (κ1) is 23.0. The number of hydrogen-bond donors (Lipinski definition) is 0. The van der Waals surface area contributed by atoms with Crippen LogP contribution in [0, 0.1) is 0 Å². The van der Waals surface area contributed by atoms with Crippen molar-refractivity contribution < 1.29 is 14.2 Å². The summed E-state index contributed by atoms with van der Waals surface area (Å²) in [6.07, 6.45) is 8.67. The van der Waals surface area contributed by atoms with Gasteiger partial charge >= 0.3 is 0 Å². The largest absolute Gasteiger partial charge is 0.369 e. The Hall–Kier alpha value is -2.74. The molecule has 34 heavy (non-hydrogen) atoms. The van der Waals surface area contributed by atoms with Crippen molar-refractivity contribution in [2.75, 3.05) is 13.2 Å². The summed E-state index contributed by atoms with van der Waals surface area (Å²) in [5, 5.41) is 1.04. The molecule has 0 bridgehead atoms. The van der Waals surface area contributed by atoms with Crippen molar-refractivity contribution in [3.63, 3.8) is 0 Å². The summed E-state index contributed by atoms with van der Waals surface area (Å²) in [5.74, 6) is -1.06. The van der Waals surface area contributed by atoms with Crippen LogP contribution in [-0.4, -0.2) is 33.9 Å². The molecule has 4 aromatic rings. The van der Waals surface area contributed by atoms with E-state index in [9.17, 15) is 0 Å². The molecular formula is C26H23Cl2N3O3. The molecule has 0 amide bonds. The molecule has 8 heteroatoms. The first-order valence-electron chi connectivity index (χ1n) is 10.9. The van der Waals surface area contributed by atoms with Gasteiger partial charge in [-0.25, -0.2) is 4.98 Å². The Morgan fingerprint density at radius 1 is 0.912 bits per heavy atom. The highest BCUT2D eigenvalue weighted by molar-refractivity contribution is 6.35. The second kappa shape index (κ2) is 10.3. The molecule has 0 aliphatic carbocycles. The van der Waals surface area contributed by atoms with E-state index in [2.05, 4.69) is 34.2 Å². The molecule has 2 aromatic carbocycles. The summed E-state index contributed by atoms with van der Waals surface area (Å²) >= 11 is 12.6. The SMILES string of the molecule is Clc1ccc(C2(Cn3ccnc3)OCC(OCc3ccc(-c4ccncc4)cc3)CO2)c(Cl)c1. The lowest BCUT2D eigenvalue weighted by Crippen LogP contribution is -2.47. The number of hydrogen-bond acceptors (Lipinski definition) is 5. The first-order chi connectivity index (χ1) is 16.6. The Bertz CT molecular complexity index is 1210. The van der Waals surface area contributed by atoms with Gasteiger partial charge in [0.2, 0.25) is 5.79 Å². The number of halogens is 2. The predicted molar refractivity (Wildman–Crippen MR) is 131 cm³/mol. The summed E-state index contributed by atoms with van der Waals surface area (Å²) in [6.45, 7) is 1.59. The zero-order chi connectivity index (χ0) is 23.4. The molecule has 0 spiro atoms. The fourth-order valence-electron chi connectivity index (χ4n) is 3.94. The molecule has 6 nitrogen and oxygen atoms in total. The Morgan fingerprint density at radius 2 is 1.65 bits per heavy atom. The van der Waals surface area contributed by atoms with Crippen LogP contribution in [0.2, 0.25) is 10.0 Å². The molecule has 0 radical (unpaired) electrons. The van der Waals surface area contributed by atoms with Crippen molar-refractivity contribution in [3.8, 4) is 11.1 Å². The third kappa shape index (κ3) is 5.17. The topological polar surface area (TPSA) is 58.4 Å². The van der Waals surface area contributed by atoms with Crippen LogP contribution in [0.15, 0.2) is 85.7 Å². The van der Waals surface area contributed by atoms with Crippen LogP contribution in [0.3, 0.4) is 0 Å². The van der Waals surface area contributed by atoms with Gasteiger partial charge in [-0.1, -0.05) is 53.5 Å². The fraction of sp³-hybridized carbons (Fsp3) is 0.231. The smallest absolute Gasteiger partial charge is 0.215 e. The van der Waals surface area contributed by atoms with E-state index in [-0.39, 0.29) is 6.10 Å². The van der Waals surface area contributed by atoms with E-state index in [0.29, 0.717) is 36.4 Å². The molecule has 0 N–H and O–H groups in total. The van der Waals surface area contributed by atoms with E-state index in [1.807, 2.05) is 29.0 Å². The average Bonchev–Trinajstić information content (AvgIpc) is 3.37. The van der Waals surface area contributed by atoms with Gasteiger partial charge in [-0.2, -0.15) is 0 Å². The second-order valence-corrected chi connectivity index (χ2v) is 8.94. The average molecular weight is 496 g/mol. The summed E-state index contributed by atoms with van der Waals surface area (Å²) < 4.78 is 20.6. The molecular weight excluding hydrogens is 473 g/mol. The lowest BCUT2D eigenvalue weighted by atomic mass is 10.0. The van der Waals surface area contributed by atoms with Gasteiger partial charge in [-0.05, 0) is 41.0 Å². The van der Waals surface area contributed by atoms with Crippen LogP contribution in [0.25, 0.3) is 11.1 Å². The lowest BCUT2D eigenvalue weighted by molar-refractivity contribution is -0.313. The van der Waals surface area contributed by atoms with E-state index >= 15 is 0 Å². The first-order valence-corrected chi connectivity index (χ1v) is 11.7. The molecule has 0 saturated carbocycles. The number of pyridine rings is 1. The minimum atomic E-state index is -1.06. The molecule has 174 valence electrons. The maximum absolute atomic E-state index is 6.52. The monoisotopic (exact) mass is 495 g/mol. The van der Waals surface area contributed by atoms with E-state index in [1.54, 1.807) is 37.1 Å². The van der Waals surface area contributed by atoms with Crippen molar-refractivity contribution in [1.82, 2.24) is 14.5 Å². The van der Waals surface area contributed by atoms with Gasteiger partial charge in [-0.15, -0.1) is 0 Å². The zero-order valence-electron chi connectivity index (χ0n) is 18.3. The van der Waals surface area contributed by atoms with Crippen LogP contribution < -0.4 is 0 Å². The van der Waals surface area contributed by atoms with Gasteiger partial charge in [0.15, 0.2) is 0 Å². The predicted octanol–water partition coefficient (Wildman–Crippen LogP) is 5.74. The minimum absolute atomic E-state index is 0.207. The molecule has 2 aromatic heterocycles. The number of aromatic nitrogens is 3. The summed E-state index contributed by atoms with van der Waals surface area (Å²) in [4.78, 5) is 8.19. The Morgan fingerprint density at radius 3 is 2.32 bits per heavy atom. The van der Waals surface area contributed by atoms with E-state index in [0.717, 1.165) is 22.3 Å². The maximum Gasteiger partial charge on any atom is 0.215 e. The van der Waals surface area contributed by atoms with Gasteiger partial charge in [0.25, 0.3) is 0 Å². The van der Waals surface area contributed by atoms with Crippen molar-refractivity contribution in [3.05, 3.63) is 107 Å². The lowest BCUT2D eigenvalue weighted by Gasteiger charge is -2.40. The molecule has 1 saturated heterocycles. The Balaban J connectivity index is 1.24. The van der Waals surface area contributed by atoms with E-state index in [1.165, 1.54) is 0 Å². The van der Waals surface area contributed by atoms with Crippen molar-refractivity contribution in [2.45, 2.75) is 25.0 Å². The fourth-order valence-corrected chi connectivity index (χ4v) is 4.50. The van der Waals surface area contributed by atoms with E-state index in [4.69, 9.17) is 37.4 Å². The third-order valence-electron chi connectivity index (χ3n) is 5.75. The Labute approximate surface area is 208 Å². The number of rotatable bonds is 7. The Kier molecular flexibility index (Phi) is 6.94. The molecule has 0 atom stereocenters. The van der Waals surface area contributed by atoms with Crippen LogP contribution in [0.4, 0.5) is 0 Å². The highest BCUT2D eigenvalue weighted by Gasteiger charge is 2.42. The molecule has 5 rings (SSSR count). The number of nitrogens with zero attached hydrogens (tertiary/aromatic N) is 3. The summed E-state index contributed by atoms with van der Waals surface area (Å²) in [7, 11) is 0. The molecule has 1 aliphatic heterocycles. The van der Waals surface area contributed by atoms with Gasteiger partial charge < -0.3 is 18.8 Å². The quantitative estimate of drug-likeness (QED) is 0.327. The summed E-state index contributed by atoms with van der Waals surface area (Å²) in [5.41, 5.74) is 4.07. The number of imidazole rings is 1. The molecule has 1 aliphatic rings. The van der Waals surface area contributed by atoms with Gasteiger partial charge in [0.1, 0.15) is 6.10 Å². The molecule has 1 fully saturated rings. The van der Waals surface area contributed by atoms with Crippen LogP contribution in [-0.2, 0) is 33.1 Å². The highest BCUT2D eigenvalue weighted by atomic mass is 35.5. The van der Waals surface area contributed by atoms with Crippen LogP contribution in [0.5, 0.6) is 0 Å². The second-order valence-electron chi connectivity index (χ2n) is 8.10. The third-order valence-corrected chi connectivity index (χ3v) is 6.30. The standard InChI is InChI=1S/C26H23Cl2N3O3/c27-22-5-6-24(25(28)13-22)26(17-31-12-11-30-18-31)33-15-23(16-34-26)32-14-19-1-3-20(4-2-19)21-7-9-29-10-8-21/h1-13,18,23H,14-17H2.